The van der Waals surface area contributed by atoms with Crippen LogP contribution in [0.2, 0.25) is 0 Å². The first-order chi connectivity index (χ1) is 19.5. The molecule has 1 heterocycles. The standard InChI is InChI=1S/C25H27N3O4.2CH4O3S/c1-7-15(2)32-27-25-18-14-22(30-6)21(29-5)13-17(18)24-23(25)19-12-16(8-9-20(19)26-24)31-11-10-28(3)4;2*1-5(2,3)4/h1,8-9,12-15,26H,10-11H2,2-6H3;2*1H3,(H,2,3,4)/b27-25-;;/t15-;;/m0../s1. The average Bonchev–Trinajstić information content (AvgIpc) is 3.38. The van der Waals surface area contributed by atoms with Crippen molar-refractivity contribution in [2.24, 2.45) is 5.16 Å². The lowest BCUT2D eigenvalue weighted by Crippen LogP contribution is -2.19. The van der Waals surface area contributed by atoms with E-state index in [-0.39, 0.29) is 0 Å². The number of H-pyrrole nitrogens is 1. The smallest absolute Gasteiger partial charge is 0.261 e. The Bertz CT molecular complexity index is 1640. The zero-order chi connectivity index (χ0) is 31.8. The van der Waals surface area contributed by atoms with Crippen molar-refractivity contribution in [3.05, 3.63) is 41.5 Å². The minimum absolute atomic E-state index is 0.453. The number of aromatic nitrogens is 1. The molecule has 0 saturated carbocycles. The van der Waals surface area contributed by atoms with Crippen LogP contribution in [0.3, 0.4) is 0 Å². The summed E-state index contributed by atoms with van der Waals surface area (Å²) in [5, 5.41) is 5.45. The minimum atomic E-state index is -3.67. The van der Waals surface area contributed by atoms with Gasteiger partial charge in [-0.1, -0.05) is 11.1 Å². The van der Waals surface area contributed by atoms with Gasteiger partial charge in [0.2, 0.25) is 0 Å². The summed E-state index contributed by atoms with van der Waals surface area (Å²) in [4.78, 5) is 11.2. The number of aromatic amines is 1. The van der Waals surface area contributed by atoms with E-state index in [2.05, 4.69) is 21.0 Å². The number of hydrogen-bond acceptors (Lipinski definition) is 10. The van der Waals surface area contributed by atoms with E-state index < -0.39 is 26.3 Å². The van der Waals surface area contributed by atoms with Gasteiger partial charge in [0.05, 0.1) is 32.4 Å². The van der Waals surface area contributed by atoms with Gasteiger partial charge in [-0.25, -0.2) is 0 Å². The topological polar surface area (TPSA) is 177 Å². The molecule has 0 spiro atoms. The van der Waals surface area contributed by atoms with Crippen LogP contribution in [0.15, 0.2) is 35.5 Å². The van der Waals surface area contributed by atoms with Crippen molar-refractivity contribution in [1.82, 2.24) is 9.88 Å². The van der Waals surface area contributed by atoms with E-state index in [9.17, 15) is 16.8 Å². The highest BCUT2D eigenvalue weighted by molar-refractivity contribution is 7.85. The van der Waals surface area contributed by atoms with Crippen molar-refractivity contribution in [1.29, 1.82) is 0 Å². The quantitative estimate of drug-likeness (QED) is 0.149. The molecule has 1 atom stereocenters. The highest BCUT2D eigenvalue weighted by atomic mass is 32.2. The number of ether oxygens (including phenoxy) is 3. The Kier molecular flexibility index (Phi) is 11.8. The predicted octanol–water partition coefficient (Wildman–Crippen LogP) is 2.90. The molecule has 230 valence electrons. The van der Waals surface area contributed by atoms with E-state index in [1.165, 1.54) is 0 Å². The van der Waals surface area contributed by atoms with Crippen molar-refractivity contribution in [3.8, 4) is 40.8 Å². The van der Waals surface area contributed by atoms with Crippen LogP contribution in [0, 0.1) is 12.3 Å². The maximum Gasteiger partial charge on any atom is 0.261 e. The second kappa shape index (κ2) is 14.4. The summed E-state index contributed by atoms with van der Waals surface area (Å²) in [5.74, 6) is 4.60. The van der Waals surface area contributed by atoms with Crippen molar-refractivity contribution in [2.45, 2.75) is 13.0 Å². The Morgan fingerprint density at radius 2 is 1.55 bits per heavy atom. The van der Waals surface area contributed by atoms with Gasteiger partial charge in [0, 0.05) is 34.1 Å². The summed E-state index contributed by atoms with van der Waals surface area (Å²) in [5.41, 5.74) is 5.39. The lowest BCUT2D eigenvalue weighted by molar-refractivity contribution is 0.113. The van der Waals surface area contributed by atoms with Gasteiger partial charge in [0.1, 0.15) is 18.1 Å². The summed E-state index contributed by atoms with van der Waals surface area (Å²) in [6.07, 6.45) is 6.46. The molecule has 1 aliphatic carbocycles. The molecule has 3 N–H and O–H groups in total. The second-order valence-electron chi connectivity index (χ2n) is 9.31. The molecular weight excluding hydrogens is 590 g/mol. The Morgan fingerprint density at radius 3 is 2.05 bits per heavy atom. The van der Waals surface area contributed by atoms with Crippen molar-refractivity contribution in [3.63, 3.8) is 0 Å². The number of rotatable bonds is 8. The number of benzene rings is 2. The summed E-state index contributed by atoms with van der Waals surface area (Å²) in [6.45, 7) is 3.21. The molecule has 1 aliphatic rings. The van der Waals surface area contributed by atoms with Gasteiger partial charge in [-0.15, -0.1) is 6.42 Å². The fourth-order valence-corrected chi connectivity index (χ4v) is 3.73. The number of nitrogens with zero attached hydrogens (tertiary/aromatic N) is 2. The molecule has 3 aromatic rings. The Labute approximate surface area is 245 Å². The van der Waals surface area contributed by atoms with Crippen LogP contribution in [-0.4, -0.2) is 102 Å². The molecule has 0 saturated heterocycles. The molecule has 15 heteroatoms. The average molecular weight is 626 g/mol. The molecule has 0 fully saturated rings. The number of hydrogen-bond donors (Lipinski definition) is 3. The number of oxime groups is 1. The molecule has 0 radical (unpaired) electrons. The monoisotopic (exact) mass is 625 g/mol. The van der Waals surface area contributed by atoms with Crippen LogP contribution in [0.25, 0.3) is 22.2 Å². The zero-order valence-electron chi connectivity index (χ0n) is 24.3. The molecule has 42 heavy (non-hydrogen) atoms. The third-order valence-corrected chi connectivity index (χ3v) is 5.40. The van der Waals surface area contributed by atoms with Gasteiger partial charge in [-0.2, -0.15) is 16.8 Å². The van der Waals surface area contributed by atoms with Crippen molar-refractivity contribution >= 4 is 36.9 Å². The first-order valence-corrected chi connectivity index (χ1v) is 15.9. The summed E-state index contributed by atoms with van der Waals surface area (Å²) < 4.78 is 68.7. The highest BCUT2D eigenvalue weighted by Gasteiger charge is 2.32. The molecule has 4 rings (SSSR count). The van der Waals surface area contributed by atoms with Crippen LogP contribution >= 0.6 is 0 Å². The van der Waals surface area contributed by atoms with E-state index in [0.29, 0.717) is 36.3 Å². The molecule has 0 unspecified atom stereocenters. The normalized spacial score (nSPS) is 13.6. The van der Waals surface area contributed by atoms with E-state index >= 15 is 0 Å². The largest absolute Gasteiger partial charge is 0.493 e. The number of fused-ring (bicyclic) bond motifs is 5. The fraction of sp³-hybridized carbons (Fsp3) is 0.370. The summed E-state index contributed by atoms with van der Waals surface area (Å²) >= 11 is 0. The second-order valence-corrected chi connectivity index (χ2v) is 12.2. The Hall–Kier alpha value is -3.81. The molecule has 2 aromatic carbocycles. The van der Waals surface area contributed by atoms with Crippen molar-refractivity contribution in [2.75, 3.05) is 54.0 Å². The van der Waals surface area contributed by atoms with Crippen LogP contribution in [0.1, 0.15) is 18.1 Å². The van der Waals surface area contributed by atoms with Crippen molar-refractivity contribution < 1.29 is 45.0 Å². The third-order valence-electron chi connectivity index (χ3n) is 5.40. The molecular formula is C27H35N3O10S2. The third kappa shape index (κ3) is 10.2. The summed E-state index contributed by atoms with van der Waals surface area (Å²) in [6, 6.07) is 9.87. The Balaban J connectivity index is 0.000000533. The maximum atomic E-state index is 9.19. The van der Waals surface area contributed by atoms with Crippen LogP contribution in [0.5, 0.6) is 17.2 Å². The predicted molar refractivity (Wildman–Crippen MR) is 161 cm³/mol. The first kappa shape index (κ1) is 34.4. The van der Waals surface area contributed by atoms with Gasteiger partial charge < -0.3 is 28.9 Å². The molecule has 13 nitrogen and oxygen atoms in total. The maximum absolute atomic E-state index is 9.19. The highest BCUT2D eigenvalue weighted by Crippen LogP contribution is 2.46. The van der Waals surface area contributed by atoms with E-state index in [4.69, 9.17) is 34.6 Å². The van der Waals surface area contributed by atoms with E-state index in [1.54, 1.807) is 21.1 Å². The number of nitrogens with one attached hydrogen (secondary N) is 1. The molecule has 1 aromatic heterocycles. The molecule has 0 aliphatic heterocycles. The van der Waals surface area contributed by atoms with E-state index in [1.807, 2.05) is 44.4 Å². The lowest BCUT2D eigenvalue weighted by atomic mass is 10.1. The van der Waals surface area contributed by atoms with Gasteiger partial charge in [0.25, 0.3) is 20.2 Å². The molecule has 0 bridgehead atoms. The minimum Gasteiger partial charge on any atom is -0.493 e. The van der Waals surface area contributed by atoms with Gasteiger partial charge in [0.15, 0.2) is 17.6 Å². The lowest BCUT2D eigenvalue weighted by Gasteiger charge is -2.12. The van der Waals surface area contributed by atoms with Gasteiger partial charge >= 0.3 is 0 Å². The SMILES string of the molecule is C#C[C@H](C)O/N=C1/c2cc(OC)c(OC)cc2-c2[nH]c3ccc(OCCN(C)C)cc3c21.CS(=O)(=O)O.CS(=O)(=O)O. The number of likely N-dealkylation sites (N-methyl/N-ethyl adjacent to an activating group) is 1. The van der Waals surface area contributed by atoms with Crippen LogP contribution in [0.4, 0.5) is 0 Å². The number of terminal acetylenes is 1. The Morgan fingerprint density at radius 1 is 1.00 bits per heavy atom. The first-order valence-electron chi connectivity index (χ1n) is 12.2. The van der Waals surface area contributed by atoms with Crippen LogP contribution in [-0.2, 0) is 25.1 Å². The van der Waals surface area contributed by atoms with E-state index in [0.717, 1.165) is 45.6 Å². The van der Waals surface area contributed by atoms with Gasteiger partial charge in [-0.3, -0.25) is 9.11 Å². The summed E-state index contributed by atoms with van der Waals surface area (Å²) in [7, 11) is -0.0646. The molecule has 0 amide bonds. The van der Waals surface area contributed by atoms with Gasteiger partial charge in [-0.05, 0) is 51.4 Å². The zero-order valence-corrected chi connectivity index (χ0v) is 26.0. The number of methoxy groups -OCH3 is 2. The fourth-order valence-electron chi connectivity index (χ4n) is 3.73. The van der Waals surface area contributed by atoms with Crippen LogP contribution < -0.4 is 14.2 Å².